The molecular formula is C21H22Cl3N3. The van der Waals surface area contributed by atoms with Gasteiger partial charge in [-0.05, 0) is 55.3 Å². The number of nitrogens with one attached hydrogen (secondary N) is 1. The summed E-state index contributed by atoms with van der Waals surface area (Å²) in [7, 11) is 0. The highest BCUT2D eigenvalue weighted by Crippen LogP contribution is 2.33. The second kappa shape index (κ2) is 8.66. The Kier molecular flexibility index (Phi) is 6.48. The topological polar surface area (TPSA) is 29.9 Å². The number of hydrogen-bond donors (Lipinski definition) is 1. The van der Waals surface area contributed by atoms with Crippen LogP contribution in [0, 0.1) is 12.8 Å². The first-order valence-corrected chi connectivity index (χ1v) is 10.0. The molecule has 0 aliphatic heterocycles. The van der Waals surface area contributed by atoms with E-state index in [2.05, 4.69) is 26.1 Å². The molecule has 3 rings (SSSR count). The molecule has 3 aromatic rings. The molecule has 2 aromatic carbocycles. The summed E-state index contributed by atoms with van der Waals surface area (Å²) in [6.45, 7) is 8.09. The maximum atomic E-state index is 6.47. The van der Waals surface area contributed by atoms with Crippen LogP contribution in [0.1, 0.15) is 25.1 Å². The van der Waals surface area contributed by atoms with Gasteiger partial charge in [0.05, 0.1) is 22.1 Å². The number of benzene rings is 2. The average Bonchev–Trinajstić information content (AvgIpc) is 2.92. The standard InChI is InChI=1S/C21H22Cl3N3/c1-13(2)11-25-12-19-14(3)21(15-4-6-16(22)7-5-15)27(26-19)20-9-8-17(23)10-18(20)24/h4-10,13,25H,11-12H2,1-3H3. The van der Waals surface area contributed by atoms with Crippen molar-refractivity contribution in [2.75, 3.05) is 6.54 Å². The van der Waals surface area contributed by atoms with Gasteiger partial charge in [0.15, 0.2) is 0 Å². The maximum absolute atomic E-state index is 6.47. The molecule has 6 heteroatoms. The molecule has 1 heterocycles. The van der Waals surface area contributed by atoms with Gasteiger partial charge in [-0.3, -0.25) is 0 Å². The lowest BCUT2D eigenvalue weighted by atomic mass is 10.1. The minimum absolute atomic E-state index is 0.557. The van der Waals surface area contributed by atoms with Gasteiger partial charge in [0, 0.05) is 22.2 Å². The van der Waals surface area contributed by atoms with Crippen LogP contribution in [-0.4, -0.2) is 16.3 Å². The smallest absolute Gasteiger partial charge is 0.0840 e. The van der Waals surface area contributed by atoms with E-state index < -0.39 is 0 Å². The predicted octanol–water partition coefficient (Wildman–Crippen LogP) is 6.55. The molecule has 142 valence electrons. The minimum atomic E-state index is 0.557. The Hall–Kier alpha value is -1.52. The van der Waals surface area contributed by atoms with Gasteiger partial charge in [0.2, 0.25) is 0 Å². The summed E-state index contributed by atoms with van der Waals surface area (Å²) >= 11 is 18.6. The number of rotatable bonds is 6. The predicted molar refractivity (Wildman–Crippen MR) is 115 cm³/mol. The van der Waals surface area contributed by atoms with E-state index in [1.54, 1.807) is 6.07 Å². The van der Waals surface area contributed by atoms with Gasteiger partial charge in [-0.2, -0.15) is 5.10 Å². The van der Waals surface area contributed by atoms with Crippen LogP contribution in [0.4, 0.5) is 0 Å². The molecule has 1 aromatic heterocycles. The summed E-state index contributed by atoms with van der Waals surface area (Å²) in [5.74, 6) is 0.578. The van der Waals surface area contributed by atoms with Crippen LogP contribution >= 0.6 is 34.8 Å². The normalized spacial score (nSPS) is 11.4. The number of halogens is 3. The van der Waals surface area contributed by atoms with Gasteiger partial charge < -0.3 is 5.32 Å². The highest BCUT2D eigenvalue weighted by Gasteiger charge is 2.19. The number of nitrogens with zero attached hydrogens (tertiary/aromatic N) is 2. The van der Waals surface area contributed by atoms with Crippen molar-refractivity contribution >= 4 is 34.8 Å². The van der Waals surface area contributed by atoms with E-state index in [0.717, 1.165) is 34.7 Å². The molecule has 0 amide bonds. The third-order valence-corrected chi connectivity index (χ3v) is 5.11. The Morgan fingerprint density at radius 2 is 1.67 bits per heavy atom. The molecule has 3 nitrogen and oxygen atoms in total. The van der Waals surface area contributed by atoms with Crippen LogP contribution in [0.3, 0.4) is 0 Å². The van der Waals surface area contributed by atoms with Crippen molar-refractivity contribution in [1.82, 2.24) is 15.1 Å². The lowest BCUT2D eigenvalue weighted by molar-refractivity contribution is 0.546. The fraction of sp³-hybridized carbons (Fsp3) is 0.286. The van der Waals surface area contributed by atoms with E-state index in [0.29, 0.717) is 27.5 Å². The van der Waals surface area contributed by atoms with Gasteiger partial charge in [-0.1, -0.05) is 60.8 Å². The lowest BCUT2D eigenvalue weighted by Gasteiger charge is -2.11. The summed E-state index contributed by atoms with van der Waals surface area (Å²) in [5.41, 5.74) is 4.93. The van der Waals surface area contributed by atoms with Crippen molar-refractivity contribution < 1.29 is 0 Å². The first-order chi connectivity index (χ1) is 12.9. The molecular weight excluding hydrogens is 401 g/mol. The van der Waals surface area contributed by atoms with E-state index in [1.807, 2.05) is 41.1 Å². The maximum Gasteiger partial charge on any atom is 0.0840 e. The zero-order valence-corrected chi connectivity index (χ0v) is 17.8. The Labute approximate surface area is 175 Å². The summed E-state index contributed by atoms with van der Waals surface area (Å²) in [6.07, 6.45) is 0. The zero-order valence-electron chi connectivity index (χ0n) is 15.6. The van der Waals surface area contributed by atoms with Crippen molar-refractivity contribution in [3.05, 3.63) is 68.8 Å². The molecule has 0 bridgehead atoms. The van der Waals surface area contributed by atoms with E-state index >= 15 is 0 Å². The highest BCUT2D eigenvalue weighted by atomic mass is 35.5. The van der Waals surface area contributed by atoms with Crippen LogP contribution < -0.4 is 5.32 Å². The van der Waals surface area contributed by atoms with Gasteiger partial charge >= 0.3 is 0 Å². The quantitative estimate of drug-likeness (QED) is 0.488. The molecule has 0 saturated heterocycles. The second-order valence-corrected chi connectivity index (χ2v) is 8.24. The molecule has 0 spiro atoms. The van der Waals surface area contributed by atoms with E-state index in [4.69, 9.17) is 39.9 Å². The molecule has 0 atom stereocenters. The van der Waals surface area contributed by atoms with Gasteiger partial charge in [-0.25, -0.2) is 4.68 Å². The molecule has 0 aliphatic carbocycles. The third-order valence-electron chi connectivity index (χ3n) is 4.32. The van der Waals surface area contributed by atoms with Crippen molar-refractivity contribution in [1.29, 1.82) is 0 Å². The monoisotopic (exact) mass is 421 g/mol. The highest BCUT2D eigenvalue weighted by molar-refractivity contribution is 6.35. The first kappa shape index (κ1) is 20.2. The summed E-state index contributed by atoms with van der Waals surface area (Å²) in [6, 6.07) is 13.2. The molecule has 0 unspecified atom stereocenters. The molecule has 0 saturated carbocycles. The van der Waals surface area contributed by atoms with Crippen LogP contribution in [0.2, 0.25) is 15.1 Å². The van der Waals surface area contributed by atoms with Gasteiger partial charge in [0.25, 0.3) is 0 Å². The zero-order chi connectivity index (χ0) is 19.6. The largest absolute Gasteiger partial charge is 0.311 e. The van der Waals surface area contributed by atoms with E-state index in [1.165, 1.54) is 0 Å². The number of hydrogen-bond acceptors (Lipinski definition) is 2. The van der Waals surface area contributed by atoms with Crippen molar-refractivity contribution in [2.24, 2.45) is 5.92 Å². The lowest BCUT2D eigenvalue weighted by Crippen LogP contribution is -2.19. The van der Waals surface area contributed by atoms with Crippen LogP contribution in [0.25, 0.3) is 16.9 Å². The molecule has 1 N–H and O–H groups in total. The average molecular weight is 423 g/mol. The first-order valence-electron chi connectivity index (χ1n) is 8.87. The summed E-state index contributed by atoms with van der Waals surface area (Å²) in [5, 5.41) is 10.2. The summed E-state index contributed by atoms with van der Waals surface area (Å²) in [4.78, 5) is 0. The van der Waals surface area contributed by atoms with Crippen LogP contribution in [-0.2, 0) is 6.54 Å². The van der Waals surface area contributed by atoms with Crippen LogP contribution in [0.15, 0.2) is 42.5 Å². The van der Waals surface area contributed by atoms with E-state index in [9.17, 15) is 0 Å². The molecule has 0 aliphatic rings. The van der Waals surface area contributed by atoms with Crippen molar-refractivity contribution in [2.45, 2.75) is 27.3 Å². The van der Waals surface area contributed by atoms with Gasteiger partial charge in [-0.15, -0.1) is 0 Å². The Balaban J connectivity index is 2.10. The molecule has 0 radical (unpaired) electrons. The van der Waals surface area contributed by atoms with Crippen LogP contribution in [0.5, 0.6) is 0 Å². The van der Waals surface area contributed by atoms with Crippen molar-refractivity contribution in [3.63, 3.8) is 0 Å². The van der Waals surface area contributed by atoms with Gasteiger partial charge in [0.1, 0.15) is 0 Å². The van der Waals surface area contributed by atoms with E-state index in [-0.39, 0.29) is 0 Å². The third kappa shape index (κ3) is 4.67. The number of aromatic nitrogens is 2. The summed E-state index contributed by atoms with van der Waals surface area (Å²) < 4.78 is 1.89. The van der Waals surface area contributed by atoms with Crippen molar-refractivity contribution in [3.8, 4) is 16.9 Å². The minimum Gasteiger partial charge on any atom is -0.311 e. The second-order valence-electron chi connectivity index (χ2n) is 6.96. The Morgan fingerprint density at radius 3 is 2.30 bits per heavy atom. The molecule has 0 fully saturated rings. The fourth-order valence-electron chi connectivity index (χ4n) is 2.96. The molecule has 27 heavy (non-hydrogen) atoms. The SMILES string of the molecule is Cc1c(CNCC(C)C)nn(-c2ccc(Cl)cc2Cl)c1-c1ccc(Cl)cc1. The Morgan fingerprint density at radius 1 is 1.00 bits per heavy atom. The Bertz CT molecular complexity index is 931. The fourth-order valence-corrected chi connectivity index (χ4v) is 3.58.